The second-order valence-electron chi connectivity index (χ2n) is 6.32. The molecule has 2 aromatic carbocycles. The molecule has 2 rings (SSSR count). The number of methoxy groups -OCH3 is 2. The highest BCUT2D eigenvalue weighted by Gasteiger charge is 2.06. The highest BCUT2D eigenvalue weighted by atomic mass is 19.1. The quantitative estimate of drug-likeness (QED) is 0.510. The first kappa shape index (κ1) is 21.5. The minimum Gasteiger partial charge on any atom is -0.493 e. The molecule has 2 N–H and O–H groups in total. The Labute approximate surface area is 166 Å². The van der Waals surface area contributed by atoms with Crippen molar-refractivity contribution >= 4 is 11.6 Å². The molecule has 0 aromatic heterocycles. The van der Waals surface area contributed by atoms with Gasteiger partial charge in [0.15, 0.2) is 17.5 Å². The van der Waals surface area contributed by atoms with Crippen LogP contribution in [0.1, 0.15) is 12.5 Å². The number of nitrogens with one attached hydrogen (secondary N) is 2. The Kier molecular flexibility index (Phi) is 8.55. The zero-order valence-electron chi connectivity index (χ0n) is 17.0. The van der Waals surface area contributed by atoms with E-state index in [1.54, 1.807) is 26.4 Å². The van der Waals surface area contributed by atoms with E-state index in [0.717, 1.165) is 30.9 Å². The molecule has 0 fully saturated rings. The van der Waals surface area contributed by atoms with Crippen molar-refractivity contribution in [3.8, 4) is 11.5 Å². The predicted molar refractivity (Wildman–Crippen MR) is 112 cm³/mol. The van der Waals surface area contributed by atoms with Crippen LogP contribution < -0.4 is 20.1 Å². The first-order chi connectivity index (χ1) is 13.5. The van der Waals surface area contributed by atoms with Crippen LogP contribution in [-0.2, 0) is 6.54 Å². The van der Waals surface area contributed by atoms with Crippen LogP contribution in [0.4, 0.5) is 10.1 Å². The van der Waals surface area contributed by atoms with Gasteiger partial charge in [0.2, 0.25) is 0 Å². The summed E-state index contributed by atoms with van der Waals surface area (Å²) in [6.45, 7) is 4.92. The molecule has 28 heavy (non-hydrogen) atoms. The molecule has 0 amide bonds. The molecule has 0 saturated heterocycles. The fraction of sp³-hybridized carbons (Fsp3) is 0.381. The molecule has 0 aliphatic carbocycles. The molecule has 152 valence electrons. The summed E-state index contributed by atoms with van der Waals surface area (Å²) in [6.07, 6.45) is 0. The van der Waals surface area contributed by atoms with Crippen molar-refractivity contribution in [2.24, 2.45) is 4.99 Å². The summed E-state index contributed by atoms with van der Waals surface area (Å²) in [5, 5.41) is 6.51. The smallest absolute Gasteiger partial charge is 0.195 e. The van der Waals surface area contributed by atoms with Crippen molar-refractivity contribution in [1.29, 1.82) is 0 Å². The lowest BCUT2D eigenvalue weighted by Gasteiger charge is -2.17. The number of hydrogen-bond acceptors (Lipinski definition) is 4. The van der Waals surface area contributed by atoms with Gasteiger partial charge in [0.1, 0.15) is 5.82 Å². The van der Waals surface area contributed by atoms with E-state index in [0.29, 0.717) is 24.0 Å². The highest BCUT2D eigenvalue weighted by molar-refractivity contribution is 5.93. The van der Waals surface area contributed by atoms with E-state index in [1.165, 1.54) is 12.1 Å². The first-order valence-corrected chi connectivity index (χ1v) is 9.26. The maximum atomic E-state index is 13.0. The molecule has 0 aliphatic rings. The van der Waals surface area contributed by atoms with E-state index >= 15 is 0 Å². The third-order valence-electron chi connectivity index (χ3n) is 4.11. The number of hydrogen-bond donors (Lipinski definition) is 2. The molecule has 0 heterocycles. The largest absolute Gasteiger partial charge is 0.493 e. The maximum Gasteiger partial charge on any atom is 0.195 e. The highest BCUT2D eigenvalue weighted by Crippen LogP contribution is 2.29. The molecular weight excluding hydrogens is 359 g/mol. The van der Waals surface area contributed by atoms with Crippen molar-refractivity contribution < 1.29 is 13.9 Å². The summed E-state index contributed by atoms with van der Waals surface area (Å²) in [7, 11) is 5.24. The summed E-state index contributed by atoms with van der Waals surface area (Å²) < 4.78 is 23.6. The van der Waals surface area contributed by atoms with Crippen molar-refractivity contribution in [3.05, 3.63) is 53.8 Å². The Morgan fingerprint density at radius 2 is 1.79 bits per heavy atom. The molecule has 0 aliphatic heterocycles. The Hall–Kier alpha value is -2.80. The third kappa shape index (κ3) is 6.74. The molecule has 0 atom stereocenters. The SMILES string of the molecule is CCNC(=NCCN(C)Cc1ccc(F)cc1)Nc1ccc(OC)c(OC)c1. The van der Waals surface area contributed by atoms with Gasteiger partial charge in [-0.1, -0.05) is 12.1 Å². The Morgan fingerprint density at radius 3 is 2.43 bits per heavy atom. The second kappa shape index (κ2) is 11.1. The van der Waals surface area contributed by atoms with Crippen LogP contribution in [0.5, 0.6) is 11.5 Å². The summed E-state index contributed by atoms with van der Waals surface area (Å²) in [6, 6.07) is 12.2. The number of halogens is 1. The molecule has 0 saturated carbocycles. The van der Waals surface area contributed by atoms with Crippen LogP contribution in [0.15, 0.2) is 47.5 Å². The van der Waals surface area contributed by atoms with Crippen LogP contribution in [0, 0.1) is 5.82 Å². The van der Waals surface area contributed by atoms with Gasteiger partial charge in [-0.2, -0.15) is 0 Å². The normalized spacial score (nSPS) is 11.4. The second-order valence-corrected chi connectivity index (χ2v) is 6.32. The summed E-state index contributed by atoms with van der Waals surface area (Å²) in [5.41, 5.74) is 1.93. The number of likely N-dealkylation sites (N-methyl/N-ethyl adjacent to an activating group) is 1. The number of guanidine groups is 1. The number of nitrogens with zero attached hydrogens (tertiary/aromatic N) is 2. The summed E-state index contributed by atoms with van der Waals surface area (Å²) in [4.78, 5) is 6.77. The van der Waals surface area contributed by atoms with Gasteiger partial charge in [-0.25, -0.2) is 4.39 Å². The molecule has 2 aromatic rings. The van der Waals surface area contributed by atoms with E-state index in [4.69, 9.17) is 9.47 Å². The van der Waals surface area contributed by atoms with Gasteiger partial charge in [0.25, 0.3) is 0 Å². The fourth-order valence-corrected chi connectivity index (χ4v) is 2.67. The number of rotatable bonds is 9. The first-order valence-electron chi connectivity index (χ1n) is 9.26. The standard InChI is InChI=1S/C21H29FN4O2/c1-5-23-21(25-18-10-11-19(27-3)20(14-18)28-4)24-12-13-26(2)15-16-6-8-17(22)9-7-16/h6-11,14H,5,12-13,15H2,1-4H3,(H2,23,24,25). The molecule has 0 unspecified atom stereocenters. The lowest BCUT2D eigenvalue weighted by molar-refractivity contribution is 0.336. The van der Waals surface area contributed by atoms with Gasteiger partial charge >= 0.3 is 0 Å². The predicted octanol–water partition coefficient (Wildman–Crippen LogP) is 3.35. The van der Waals surface area contributed by atoms with Gasteiger partial charge in [-0.15, -0.1) is 0 Å². The number of aliphatic imine (C=N–C) groups is 1. The summed E-state index contributed by atoms with van der Waals surface area (Å²) in [5.74, 6) is 1.82. The van der Waals surface area contributed by atoms with E-state index in [9.17, 15) is 4.39 Å². The van der Waals surface area contributed by atoms with Gasteiger partial charge in [0, 0.05) is 31.4 Å². The number of benzene rings is 2. The summed E-state index contributed by atoms with van der Waals surface area (Å²) >= 11 is 0. The lowest BCUT2D eigenvalue weighted by Crippen LogP contribution is -2.31. The molecule has 7 heteroatoms. The monoisotopic (exact) mass is 388 g/mol. The van der Waals surface area contributed by atoms with Crippen molar-refractivity contribution in [1.82, 2.24) is 10.2 Å². The zero-order chi connectivity index (χ0) is 20.4. The maximum absolute atomic E-state index is 13.0. The number of anilines is 1. The van der Waals surface area contributed by atoms with E-state index in [1.807, 2.05) is 32.2 Å². The van der Waals surface area contributed by atoms with Crippen LogP contribution in [0.3, 0.4) is 0 Å². The molecule has 6 nitrogen and oxygen atoms in total. The molecule has 0 radical (unpaired) electrons. The zero-order valence-corrected chi connectivity index (χ0v) is 17.0. The number of ether oxygens (including phenoxy) is 2. The van der Waals surface area contributed by atoms with Gasteiger partial charge < -0.3 is 25.0 Å². The van der Waals surface area contributed by atoms with Gasteiger partial charge in [-0.05, 0) is 43.8 Å². The fourth-order valence-electron chi connectivity index (χ4n) is 2.67. The Morgan fingerprint density at radius 1 is 1.07 bits per heavy atom. The van der Waals surface area contributed by atoms with Crippen LogP contribution in [0.2, 0.25) is 0 Å². The molecular formula is C21H29FN4O2. The van der Waals surface area contributed by atoms with Crippen LogP contribution in [0.25, 0.3) is 0 Å². The van der Waals surface area contributed by atoms with Crippen LogP contribution >= 0.6 is 0 Å². The van der Waals surface area contributed by atoms with Crippen LogP contribution in [-0.4, -0.2) is 51.8 Å². The van der Waals surface area contributed by atoms with E-state index in [2.05, 4.69) is 20.5 Å². The average molecular weight is 388 g/mol. The van der Waals surface area contributed by atoms with Crippen molar-refractivity contribution in [2.45, 2.75) is 13.5 Å². The minimum atomic E-state index is -0.215. The van der Waals surface area contributed by atoms with Gasteiger partial charge in [-0.3, -0.25) is 4.99 Å². The van der Waals surface area contributed by atoms with Crippen molar-refractivity contribution in [3.63, 3.8) is 0 Å². The van der Waals surface area contributed by atoms with E-state index in [-0.39, 0.29) is 5.82 Å². The minimum absolute atomic E-state index is 0.215. The Balaban J connectivity index is 1.93. The van der Waals surface area contributed by atoms with E-state index < -0.39 is 0 Å². The third-order valence-corrected chi connectivity index (χ3v) is 4.11. The Bertz CT molecular complexity index is 766. The average Bonchev–Trinajstić information content (AvgIpc) is 2.69. The van der Waals surface area contributed by atoms with Gasteiger partial charge in [0.05, 0.1) is 20.8 Å². The van der Waals surface area contributed by atoms with Crippen molar-refractivity contribution in [2.75, 3.05) is 46.2 Å². The lowest BCUT2D eigenvalue weighted by atomic mass is 10.2. The molecule has 0 spiro atoms. The molecule has 0 bridgehead atoms. The topological polar surface area (TPSA) is 58.1 Å².